The second kappa shape index (κ2) is 4.89. The molecule has 16 heavy (non-hydrogen) atoms. The van der Waals surface area contributed by atoms with Gasteiger partial charge in [0.05, 0.1) is 18.6 Å². The van der Waals surface area contributed by atoms with Crippen LogP contribution in [0.5, 0.6) is 0 Å². The Morgan fingerprint density at radius 2 is 1.81 bits per heavy atom. The smallest absolute Gasteiger partial charge is 0.0954 e. The van der Waals surface area contributed by atoms with Crippen LogP contribution in [0.4, 0.5) is 0 Å². The van der Waals surface area contributed by atoms with Gasteiger partial charge in [-0.05, 0) is 29.8 Å². The maximum Gasteiger partial charge on any atom is 0.0954 e. The van der Waals surface area contributed by atoms with Crippen LogP contribution in [0.3, 0.4) is 0 Å². The zero-order chi connectivity index (χ0) is 11.5. The summed E-state index contributed by atoms with van der Waals surface area (Å²) in [4.78, 5) is 0. The van der Waals surface area contributed by atoms with E-state index >= 15 is 0 Å². The van der Waals surface area contributed by atoms with Crippen LogP contribution in [0.15, 0.2) is 41.2 Å². The monoisotopic (exact) mass is 256 g/mol. The first-order chi connectivity index (χ1) is 7.70. The second-order valence-corrected chi connectivity index (χ2v) is 4.23. The molecule has 2 aromatic rings. The van der Waals surface area contributed by atoms with Crippen LogP contribution in [-0.4, -0.2) is 0 Å². The Hall–Kier alpha value is -1.000. The zero-order valence-electron chi connectivity index (χ0n) is 8.28. The molecule has 0 amide bonds. The summed E-state index contributed by atoms with van der Waals surface area (Å²) in [6.45, 7) is 0. The molecule has 1 aromatic heterocycles. The Labute approximate surface area is 103 Å². The molecule has 2 rings (SSSR count). The topological polar surface area (TPSA) is 51.2 Å². The summed E-state index contributed by atoms with van der Waals surface area (Å²) in [5.41, 5.74) is 4.51. The molecular weight excluding hydrogens is 247 g/mol. The molecule has 5 heteroatoms. The number of hydrazine groups is 1. The molecule has 1 heterocycles. The van der Waals surface area contributed by atoms with Gasteiger partial charge < -0.3 is 4.42 Å². The van der Waals surface area contributed by atoms with Crippen LogP contribution < -0.4 is 11.3 Å². The SMILES string of the molecule is NNC(c1ccoc1)c1cc(Cl)cc(Cl)c1. The maximum atomic E-state index is 5.94. The van der Waals surface area contributed by atoms with Gasteiger partial charge in [-0.25, -0.2) is 5.43 Å². The minimum atomic E-state index is -0.185. The highest BCUT2D eigenvalue weighted by molar-refractivity contribution is 6.34. The summed E-state index contributed by atoms with van der Waals surface area (Å²) in [6, 6.07) is 6.94. The van der Waals surface area contributed by atoms with Crippen LogP contribution in [0.2, 0.25) is 10.0 Å². The molecule has 0 saturated carbocycles. The summed E-state index contributed by atoms with van der Waals surface area (Å²) in [5.74, 6) is 5.52. The highest BCUT2D eigenvalue weighted by atomic mass is 35.5. The minimum absolute atomic E-state index is 0.185. The van der Waals surface area contributed by atoms with Gasteiger partial charge in [-0.3, -0.25) is 5.84 Å². The van der Waals surface area contributed by atoms with Crippen molar-refractivity contribution in [1.82, 2.24) is 5.43 Å². The van der Waals surface area contributed by atoms with Gasteiger partial charge in [0.2, 0.25) is 0 Å². The summed E-state index contributed by atoms with van der Waals surface area (Å²) in [6.07, 6.45) is 3.21. The molecule has 0 saturated heterocycles. The van der Waals surface area contributed by atoms with Crippen molar-refractivity contribution in [3.63, 3.8) is 0 Å². The lowest BCUT2D eigenvalue weighted by molar-refractivity contribution is 0.553. The molecule has 84 valence electrons. The molecule has 0 aliphatic carbocycles. The van der Waals surface area contributed by atoms with E-state index in [2.05, 4.69) is 5.43 Å². The largest absolute Gasteiger partial charge is 0.472 e. The van der Waals surface area contributed by atoms with Crippen molar-refractivity contribution in [2.45, 2.75) is 6.04 Å². The van der Waals surface area contributed by atoms with Crippen LogP contribution in [0, 0.1) is 0 Å². The second-order valence-electron chi connectivity index (χ2n) is 3.36. The Bertz CT molecular complexity index is 451. The molecule has 1 atom stereocenters. The van der Waals surface area contributed by atoms with Crippen molar-refractivity contribution in [2.75, 3.05) is 0 Å². The van der Waals surface area contributed by atoms with E-state index in [9.17, 15) is 0 Å². The average Bonchev–Trinajstić information content (AvgIpc) is 2.70. The lowest BCUT2D eigenvalue weighted by Gasteiger charge is -2.15. The summed E-state index contributed by atoms with van der Waals surface area (Å²) in [5, 5.41) is 1.15. The number of rotatable bonds is 3. The quantitative estimate of drug-likeness (QED) is 0.656. The van der Waals surface area contributed by atoms with Crippen molar-refractivity contribution in [1.29, 1.82) is 0 Å². The van der Waals surface area contributed by atoms with Gasteiger partial charge in [-0.15, -0.1) is 0 Å². The number of halogens is 2. The van der Waals surface area contributed by atoms with E-state index < -0.39 is 0 Å². The molecule has 0 bridgehead atoms. The lowest BCUT2D eigenvalue weighted by atomic mass is 10.0. The molecular formula is C11H10Cl2N2O. The minimum Gasteiger partial charge on any atom is -0.472 e. The van der Waals surface area contributed by atoms with Crippen LogP contribution in [0.25, 0.3) is 0 Å². The molecule has 1 unspecified atom stereocenters. The molecule has 3 N–H and O–H groups in total. The van der Waals surface area contributed by atoms with Crippen molar-refractivity contribution in [3.8, 4) is 0 Å². The molecule has 3 nitrogen and oxygen atoms in total. The lowest BCUT2D eigenvalue weighted by Crippen LogP contribution is -2.28. The fraction of sp³-hybridized carbons (Fsp3) is 0.0909. The van der Waals surface area contributed by atoms with Gasteiger partial charge >= 0.3 is 0 Å². The fourth-order valence-corrected chi connectivity index (χ4v) is 2.11. The molecule has 0 radical (unpaired) electrons. The Morgan fingerprint density at radius 3 is 2.31 bits per heavy atom. The Kier molecular flexibility index (Phi) is 3.51. The summed E-state index contributed by atoms with van der Waals surface area (Å²) >= 11 is 11.9. The van der Waals surface area contributed by atoms with E-state index in [1.54, 1.807) is 18.6 Å². The highest BCUT2D eigenvalue weighted by Crippen LogP contribution is 2.27. The number of hydrogen-bond donors (Lipinski definition) is 2. The Morgan fingerprint density at radius 1 is 1.12 bits per heavy atom. The van der Waals surface area contributed by atoms with Crippen molar-refractivity contribution >= 4 is 23.2 Å². The van der Waals surface area contributed by atoms with E-state index in [0.717, 1.165) is 11.1 Å². The van der Waals surface area contributed by atoms with E-state index in [1.807, 2.05) is 18.2 Å². The number of benzene rings is 1. The summed E-state index contributed by atoms with van der Waals surface area (Å²) in [7, 11) is 0. The van der Waals surface area contributed by atoms with Crippen LogP contribution in [-0.2, 0) is 0 Å². The van der Waals surface area contributed by atoms with Gasteiger partial charge in [0.15, 0.2) is 0 Å². The normalized spacial score (nSPS) is 12.7. The van der Waals surface area contributed by atoms with E-state index in [1.165, 1.54) is 0 Å². The molecule has 0 aliphatic heterocycles. The predicted molar refractivity (Wildman–Crippen MR) is 64.3 cm³/mol. The van der Waals surface area contributed by atoms with Crippen LogP contribution in [0.1, 0.15) is 17.2 Å². The van der Waals surface area contributed by atoms with Crippen molar-refractivity contribution < 1.29 is 4.42 Å². The van der Waals surface area contributed by atoms with E-state index in [0.29, 0.717) is 10.0 Å². The van der Waals surface area contributed by atoms with Crippen molar-refractivity contribution in [2.24, 2.45) is 5.84 Å². The van der Waals surface area contributed by atoms with Gasteiger partial charge in [0.1, 0.15) is 0 Å². The first-order valence-electron chi connectivity index (χ1n) is 4.65. The third-order valence-corrected chi connectivity index (χ3v) is 2.70. The molecule has 1 aromatic carbocycles. The average molecular weight is 257 g/mol. The van der Waals surface area contributed by atoms with Crippen LogP contribution >= 0.6 is 23.2 Å². The fourth-order valence-electron chi connectivity index (χ4n) is 1.57. The zero-order valence-corrected chi connectivity index (χ0v) is 9.79. The van der Waals surface area contributed by atoms with E-state index in [-0.39, 0.29) is 6.04 Å². The first-order valence-corrected chi connectivity index (χ1v) is 5.40. The van der Waals surface area contributed by atoms with Gasteiger partial charge in [0.25, 0.3) is 0 Å². The molecule has 0 aliphatic rings. The molecule has 0 fully saturated rings. The van der Waals surface area contributed by atoms with Gasteiger partial charge in [-0.2, -0.15) is 0 Å². The highest BCUT2D eigenvalue weighted by Gasteiger charge is 2.14. The first kappa shape index (κ1) is 11.5. The van der Waals surface area contributed by atoms with Crippen molar-refractivity contribution in [3.05, 3.63) is 58.0 Å². The maximum absolute atomic E-state index is 5.94. The third-order valence-electron chi connectivity index (χ3n) is 2.26. The Balaban J connectivity index is 2.41. The number of furan rings is 1. The number of nitrogens with two attached hydrogens (primary N) is 1. The number of hydrogen-bond acceptors (Lipinski definition) is 3. The van der Waals surface area contributed by atoms with Gasteiger partial charge in [-0.1, -0.05) is 23.2 Å². The predicted octanol–water partition coefficient (Wildman–Crippen LogP) is 3.14. The third kappa shape index (κ3) is 2.39. The number of nitrogens with one attached hydrogen (secondary N) is 1. The molecule has 0 spiro atoms. The standard InChI is InChI=1S/C11H10Cl2N2O/c12-9-3-8(4-10(13)5-9)11(15-14)7-1-2-16-6-7/h1-6,11,15H,14H2. The van der Waals surface area contributed by atoms with E-state index in [4.69, 9.17) is 33.5 Å². The van der Waals surface area contributed by atoms with Gasteiger partial charge in [0, 0.05) is 15.6 Å². The summed E-state index contributed by atoms with van der Waals surface area (Å²) < 4.78 is 5.02.